The smallest absolute Gasteiger partial charge is 0.323 e. The maximum absolute atomic E-state index is 11.7. The normalized spacial score (nSPS) is 19.3. The van der Waals surface area contributed by atoms with E-state index in [4.69, 9.17) is 10.5 Å². The average molecular weight is 241 g/mol. The van der Waals surface area contributed by atoms with Crippen LogP contribution >= 0.6 is 0 Å². The van der Waals surface area contributed by atoms with Gasteiger partial charge in [-0.05, 0) is 43.9 Å². The Morgan fingerprint density at radius 2 is 1.94 bits per heavy atom. The van der Waals surface area contributed by atoms with E-state index in [0.717, 1.165) is 32.1 Å². The summed E-state index contributed by atoms with van der Waals surface area (Å²) in [5.74, 6) is -0.203. The van der Waals surface area contributed by atoms with Crippen LogP contribution in [0.3, 0.4) is 0 Å². The Bertz CT molecular complexity index is 239. The zero-order chi connectivity index (χ0) is 12.9. The number of ether oxygens (including phenoxy) is 1. The van der Waals surface area contributed by atoms with Gasteiger partial charge in [-0.3, -0.25) is 4.79 Å². The van der Waals surface area contributed by atoms with Gasteiger partial charge in [-0.25, -0.2) is 0 Å². The highest BCUT2D eigenvalue weighted by Crippen LogP contribution is 2.23. The Morgan fingerprint density at radius 3 is 2.47 bits per heavy atom. The van der Waals surface area contributed by atoms with Crippen LogP contribution in [0.15, 0.2) is 0 Å². The number of nitrogens with two attached hydrogens (primary N) is 1. The summed E-state index contributed by atoms with van der Waals surface area (Å²) < 4.78 is 5.39. The Morgan fingerprint density at radius 1 is 1.35 bits per heavy atom. The zero-order valence-corrected chi connectivity index (χ0v) is 11.5. The number of hydrogen-bond donors (Lipinski definition) is 1. The molecule has 0 aromatic heterocycles. The molecule has 0 unspecified atom stereocenters. The summed E-state index contributed by atoms with van der Waals surface area (Å²) in [6, 6.07) is -0.432. The Hall–Kier alpha value is -0.570. The first-order valence-corrected chi connectivity index (χ1v) is 6.84. The van der Waals surface area contributed by atoms with Crippen molar-refractivity contribution in [3.63, 3.8) is 0 Å². The predicted molar refractivity (Wildman–Crippen MR) is 69.6 cm³/mol. The largest absolute Gasteiger partial charge is 0.461 e. The third kappa shape index (κ3) is 6.06. The Labute approximate surface area is 105 Å². The molecule has 1 atom stereocenters. The van der Waals surface area contributed by atoms with Crippen molar-refractivity contribution >= 4 is 5.97 Å². The molecule has 1 aliphatic carbocycles. The summed E-state index contributed by atoms with van der Waals surface area (Å²) in [5.41, 5.74) is 6.16. The van der Waals surface area contributed by atoms with Gasteiger partial charge in [0, 0.05) is 0 Å². The molecule has 0 amide bonds. The lowest BCUT2D eigenvalue weighted by Gasteiger charge is -2.20. The molecule has 3 nitrogen and oxygen atoms in total. The number of carbonyl (C=O) groups excluding carboxylic acids is 1. The van der Waals surface area contributed by atoms with Gasteiger partial charge in [0.1, 0.15) is 12.1 Å². The minimum Gasteiger partial charge on any atom is -0.461 e. The third-order valence-electron chi connectivity index (χ3n) is 3.33. The molecule has 0 aromatic rings. The maximum atomic E-state index is 11.7. The second-order valence-electron chi connectivity index (χ2n) is 6.40. The van der Waals surface area contributed by atoms with Crippen LogP contribution in [0.2, 0.25) is 0 Å². The van der Waals surface area contributed by atoms with E-state index < -0.39 is 6.04 Å². The number of carbonyl (C=O) groups is 1. The van der Waals surface area contributed by atoms with Gasteiger partial charge in [0.05, 0.1) is 0 Å². The average Bonchev–Trinajstić information content (AvgIpc) is 2.68. The highest BCUT2D eigenvalue weighted by atomic mass is 16.5. The van der Waals surface area contributed by atoms with Crippen LogP contribution < -0.4 is 5.73 Å². The fourth-order valence-corrected chi connectivity index (χ4v) is 2.23. The van der Waals surface area contributed by atoms with Gasteiger partial charge in [-0.15, -0.1) is 0 Å². The molecule has 0 spiro atoms. The highest BCUT2D eigenvalue weighted by molar-refractivity contribution is 5.75. The maximum Gasteiger partial charge on any atom is 0.323 e. The van der Waals surface area contributed by atoms with Crippen molar-refractivity contribution < 1.29 is 9.53 Å². The van der Waals surface area contributed by atoms with Gasteiger partial charge in [0.15, 0.2) is 0 Å². The van der Waals surface area contributed by atoms with Gasteiger partial charge < -0.3 is 10.5 Å². The molecule has 0 bridgehead atoms. The molecule has 100 valence electrons. The van der Waals surface area contributed by atoms with E-state index in [2.05, 4.69) is 20.8 Å². The summed E-state index contributed by atoms with van der Waals surface area (Å²) in [5, 5.41) is 0. The van der Waals surface area contributed by atoms with Crippen molar-refractivity contribution in [1.29, 1.82) is 0 Å². The summed E-state index contributed by atoms with van der Waals surface area (Å²) in [7, 11) is 0. The lowest BCUT2D eigenvalue weighted by Crippen LogP contribution is -2.34. The molecule has 2 N–H and O–H groups in total. The van der Waals surface area contributed by atoms with Crippen molar-refractivity contribution in [2.24, 2.45) is 11.1 Å². The molecule has 1 rings (SSSR count). The molecule has 1 aliphatic rings. The second kappa shape index (κ2) is 6.39. The fourth-order valence-electron chi connectivity index (χ4n) is 2.23. The van der Waals surface area contributed by atoms with E-state index in [-0.39, 0.29) is 12.1 Å². The topological polar surface area (TPSA) is 52.3 Å². The van der Waals surface area contributed by atoms with Gasteiger partial charge >= 0.3 is 5.97 Å². The Kier molecular flexibility index (Phi) is 5.44. The molecule has 0 saturated heterocycles. The molecule has 0 aromatic carbocycles. The number of hydrogen-bond acceptors (Lipinski definition) is 3. The molecule has 17 heavy (non-hydrogen) atoms. The first kappa shape index (κ1) is 14.5. The van der Waals surface area contributed by atoms with Gasteiger partial charge in [0.25, 0.3) is 0 Å². The van der Waals surface area contributed by atoms with Crippen molar-refractivity contribution in [2.45, 2.75) is 77.9 Å². The summed E-state index contributed by atoms with van der Waals surface area (Å²) in [6.07, 6.45) is 7.34. The monoisotopic (exact) mass is 241 g/mol. The van der Waals surface area contributed by atoms with Crippen LogP contribution in [0.4, 0.5) is 0 Å². The Balaban J connectivity index is 2.17. The van der Waals surface area contributed by atoms with E-state index in [1.54, 1.807) is 0 Å². The molecular formula is C14H27NO2. The molecule has 0 aliphatic heterocycles. The van der Waals surface area contributed by atoms with Crippen LogP contribution in [-0.4, -0.2) is 18.1 Å². The van der Waals surface area contributed by atoms with Crippen molar-refractivity contribution in [3.05, 3.63) is 0 Å². The van der Waals surface area contributed by atoms with Crippen LogP contribution in [0.25, 0.3) is 0 Å². The summed E-state index contributed by atoms with van der Waals surface area (Å²) in [4.78, 5) is 11.7. The van der Waals surface area contributed by atoms with Crippen molar-refractivity contribution in [1.82, 2.24) is 0 Å². The van der Waals surface area contributed by atoms with Crippen LogP contribution in [0.5, 0.6) is 0 Å². The van der Waals surface area contributed by atoms with Crippen molar-refractivity contribution in [2.75, 3.05) is 0 Å². The van der Waals surface area contributed by atoms with E-state index in [1.165, 1.54) is 12.8 Å². The van der Waals surface area contributed by atoms with Gasteiger partial charge in [-0.1, -0.05) is 27.2 Å². The molecular weight excluding hydrogens is 214 g/mol. The van der Waals surface area contributed by atoms with Crippen LogP contribution in [0, 0.1) is 5.41 Å². The van der Waals surface area contributed by atoms with E-state index in [0.29, 0.717) is 5.41 Å². The minimum absolute atomic E-state index is 0.135. The molecule has 0 heterocycles. The first-order valence-electron chi connectivity index (χ1n) is 6.84. The van der Waals surface area contributed by atoms with Crippen LogP contribution in [-0.2, 0) is 9.53 Å². The lowest BCUT2D eigenvalue weighted by atomic mass is 9.89. The minimum atomic E-state index is -0.432. The molecule has 0 radical (unpaired) electrons. The quantitative estimate of drug-likeness (QED) is 0.753. The van der Waals surface area contributed by atoms with Gasteiger partial charge in [0.2, 0.25) is 0 Å². The lowest BCUT2D eigenvalue weighted by molar-refractivity contribution is -0.150. The third-order valence-corrected chi connectivity index (χ3v) is 3.33. The molecule has 1 saturated carbocycles. The first-order chi connectivity index (χ1) is 7.88. The standard InChI is InChI=1S/C14H27NO2/c1-14(2,3)10-6-9-12(15)13(16)17-11-7-4-5-8-11/h11-12H,4-10,15H2,1-3H3/t12-/m0/s1. The number of rotatable bonds is 5. The van der Waals surface area contributed by atoms with E-state index in [9.17, 15) is 4.79 Å². The predicted octanol–water partition coefficient (Wildman–Crippen LogP) is 3.02. The van der Waals surface area contributed by atoms with E-state index in [1.807, 2.05) is 0 Å². The number of esters is 1. The van der Waals surface area contributed by atoms with Crippen molar-refractivity contribution in [3.8, 4) is 0 Å². The second-order valence-corrected chi connectivity index (χ2v) is 6.40. The summed E-state index contributed by atoms with van der Waals surface area (Å²) >= 11 is 0. The zero-order valence-electron chi connectivity index (χ0n) is 11.5. The SMILES string of the molecule is CC(C)(C)CCC[C@H](N)C(=O)OC1CCCC1. The fraction of sp³-hybridized carbons (Fsp3) is 0.929. The molecule has 1 fully saturated rings. The molecule has 3 heteroatoms. The van der Waals surface area contributed by atoms with Gasteiger partial charge in [-0.2, -0.15) is 0 Å². The highest BCUT2D eigenvalue weighted by Gasteiger charge is 2.23. The van der Waals surface area contributed by atoms with Crippen LogP contribution in [0.1, 0.15) is 65.7 Å². The summed E-state index contributed by atoms with van der Waals surface area (Å²) in [6.45, 7) is 6.61. The van der Waals surface area contributed by atoms with E-state index >= 15 is 0 Å².